The van der Waals surface area contributed by atoms with Gasteiger partial charge >= 0.3 is 0 Å². The molecule has 0 spiro atoms. The summed E-state index contributed by atoms with van der Waals surface area (Å²) in [6.07, 6.45) is -1.45. The molecule has 0 bridgehead atoms. The van der Waals surface area contributed by atoms with Gasteiger partial charge in [-0.2, -0.15) is 0 Å². The van der Waals surface area contributed by atoms with Crippen molar-refractivity contribution in [3.63, 3.8) is 0 Å². The molecule has 0 unspecified atom stereocenters. The molecule has 0 aliphatic rings. The number of aliphatic hydroxyl groups is 1. The van der Waals surface area contributed by atoms with E-state index >= 15 is 0 Å². The Bertz CT molecular complexity index is 399. The first-order valence-corrected chi connectivity index (χ1v) is 5.22. The number of rotatable bonds is 5. The van der Waals surface area contributed by atoms with Gasteiger partial charge in [0.15, 0.2) is 5.82 Å². The fourth-order valence-electron chi connectivity index (χ4n) is 1.17. The van der Waals surface area contributed by atoms with Crippen molar-refractivity contribution in [2.45, 2.75) is 6.43 Å². The van der Waals surface area contributed by atoms with Crippen molar-refractivity contribution < 1.29 is 13.9 Å². The molecule has 0 saturated heterocycles. The van der Waals surface area contributed by atoms with Gasteiger partial charge in [0.2, 0.25) is 0 Å². The first-order valence-electron chi connectivity index (χ1n) is 4.43. The number of anilines is 1. The molecule has 2 N–H and O–H groups in total. The standard InChI is InChI=1S/C8H10BrF2N3O2/c9-6-7(12-4-13-8(6)16)14(1-2-15)3-5(10)11/h4-5,15H,1-3H2,(H,12,13,16). The maximum absolute atomic E-state index is 12.3. The van der Waals surface area contributed by atoms with Crippen molar-refractivity contribution in [3.05, 3.63) is 21.2 Å². The van der Waals surface area contributed by atoms with Gasteiger partial charge in [-0.05, 0) is 15.9 Å². The molecule has 90 valence electrons. The predicted octanol–water partition coefficient (Wildman–Crippen LogP) is 0.596. The number of alkyl halides is 2. The highest BCUT2D eigenvalue weighted by molar-refractivity contribution is 9.10. The van der Waals surface area contributed by atoms with E-state index in [-0.39, 0.29) is 23.4 Å². The normalized spacial score (nSPS) is 10.8. The quantitative estimate of drug-likeness (QED) is 0.835. The molecule has 1 rings (SSSR count). The Kier molecular flexibility index (Phi) is 4.81. The smallest absolute Gasteiger partial charge is 0.267 e. The number of hydrogen-bond donors (Lipinski definition) is 2. The molecular weight excluding hydrogens is 288 g/mol. The summed E-state index contributed by atoms with van der Waals surface area (Å²) in [5, 5.41) is 8.76. The maximum atomic E-state index is 12.3. The van der Waals surface area contributed by atoms with Crippen LogP contribution in [0.15, 0.2) is 15.6 Å². The van der Waals surface area contributed by atoms with E-state index in [9.17, 15) is 13.6 Å². The Hall–Kier alpha value is -1.02. The molecule has 0 aliphatic carbocycles. The minimum atomic E-state index is -2.57. The van der Waals surface area contributed by atoms with Gasteiger partial charge < -0.3 is 15.0 Å². The van der Waals surface area contributed by atoms with Gasteiger partial charge in [-0.1, -0.05) is 0 Å². The number of nitrogens with zero attached hydrogens (tertiary/aromatic N) is 2. The lowest BCUT2D eigenvalue weighted by Gasteiger charge is -2.22. The summed E-state index contributed by atoms with van der Waals surface area (Å²) in [5.74, 6) is 0.0955. The van der Waals surface area contributed by atoms with E-state index in [1.165, 1.54) is 0 Å². The lowest BCUT2D eigenvalue weighted by Crippen LogP contribution is -2.33. The second-order valence-electron chi connectivity index (χ2n) is 2.93. The average Bonchev–Trinajstić information content (AvgIpc) is 2.21. The van der Waals surface area contributed by atoms with Gasteiger partial charge in [0.1, 0.15) is 4.47 Å². The SMILES string of the molecule is O=c1[nH]cnc(N(CCO)CC(F)F)c1Br. The number of aliphatic hydroxyl groups excluding tert-OH is 1. The highest BCUT2D eigenvalue weighted by atomic mass is 79.9. The Morgan fingerprint density at radius 1 is 1.62 bits per heavy atom. The Morgan fingerprint density at radius 2 is 2.31 bits per heavy atom. The number of hydrogen-bond acceptors (Lipinski definition) is 4. The summed E-state index contributed by atoms with van der Waals surface area (Å²) in [5.41, 5.74) is -0.456. The highest BCUT2D eigenvalue weighted by Gasteiger charge is 2.17. The number of aromatic amines is 1. The van der Waals surface area contributed by atoms with Crippen molar-refractivity contribution in [1.29, 1.82) is 0 Å². The van der Waals surface area contributed by atoms with Crippen LogP contribution in [0.25, 0.3) is 0 Å². The van der Waals surface area contributed by atoms with E-state index in [0.29, 0.717) is 0 Å². The minimum absolute atomic E-state index is 0.0145. The molecule has 0 radical (unpaired) electrons. The Morgan fingerprint density at radius 3 is 2.88 bits per heavy atom. The molecule has 0 atom stereocenters. The molecule has 1 heterocycles. The van der Waals surface area contributed by atoms with E-state index in [2.05, 4.69) is 25.9 Å². The van der Waals surface area contributed by atoms with E-state index in [1.54, 1.807) is 0 Å². The van der Waals surface area contributed by atoms with Crippen LogP contribution >= 0.6 is 15.9 Å². The van der Waals surface area contributed by atoms with Gasteiger partial charge in [0.25, 0.3) is 12.0 Å². The van der Waals surface area contributed by atoms with Crippen LogP contribution in [0.1, 0.15) is 0 Å². The third-order valence-corrected chi connectivity index (χ3v) is 2.52. The zero-order chi connectivity index (χ0) is 12.1. The summed E-state index contributed by atoms with van der Waals surface area (Å²) >= 11 is 2.97. The van der Waals surface area contributed by atoms with Gasteiger partial charge in [-0.3, -0.25) is 4.79 Å². The van der Waals surface area contributed by atoms with E-state index in [0.717, 1.165) is 11.2 Å². The van der Waals surface area contributed by atoms with Crippen LogP contribution in [0.5, 0.6) is 0 Å². The summed E-state index contributed by atoms with van der Waals surface area (Å²) in [6.45, 7) is -0.900. The molecule has 1 aromatic rings. The van der Waals surface area contributed by atoms with Crippen molar-refractivity contribution in [1.82, 2.24) is 9.97 Å². The molecule has 5 nitrogen and oxygen atoms in total. The largest absolute Gasteiger partial charge is 0.395 e. The zero-order valence-corrected chi connectivity index (χ0v) is 9.75. The maximum Gasteiger partial charge on any atom is 0.267 e. The van der Waals surface area contributed by atoms with Crippen molar-refractivity contribution in [2.75, 3.05) is 24.6 Å². The minimum Gasteiger partial charge on any atom is -0.395 e. The molecule has 0 aromatic carbocycles. The van der Waals surface area contributed by atoms with Crippen LogP contribution in [-0.2, 0) is 0 Å². The summed E-state index contributed by atoms with van der Waals surface area (Å²) < 4.78 is 24.6. The Labute approximate surface area is 98.2 Å². The van der Waals surface area contributed by atoms with Crippen LogP contribution in [-0.4, -0.2) is 41.2 Å². The molecular formula is C8H10BrF2N3O2. The van der Waals surface area contributed by atoms with Gasteiger partial charge in [-0.25, -0.2) is 13.8 Å². The first-order chi connectivity index (χ1) is 7.56. The molecule has 1 aromatic heterocycles. The van der Waals surface area contributed by atoms with Crippen LogP contribution in [0, 0.1) is 0 Å². The number of aromatic nitrogens is 2. The molecule has 8 heteroatoms. The molecule has 0 fully saturated rings. The number of halogens is 3. The molecule has 16 heavy (non-hydrogen) atoms. The number of nitrogens with one attached hydrogen (secondary N) is 1. The molecule has 0 saturated carbocycles. The fourth-order valence-corrected chi connectivity index (χ4v) is 1.63. The fraction of sp³-hybridized carbons (Fsp3) is 0.500. The number of H-pyrrole nitrogens is 1. The third kappa shape index (κ3) is 3.24. The van der Waals surface area contributed by atoms with Crippen molar-refractivity contribution >= 4 is 21.7 Å². The van der Waals surface area contributed by atoms with Gasteiger partial charge in [0.05, 0.1) is 19.5 Å². The van der Waals surface area contributed by atoms with E-state index in [4.69, 9.17) is 5.11 Å². The monoisotopic (exact) mass is 297 g/mol. The lowest BCUT2D eigenvalue weighted by molar-refractivity contribution is 0.152. The average molecular weight is 298 g/mol. The summed E-state index contributed by atoms with van der Waals surface area (Å²) in [6, 6.07) is 0. The predicted molar refractivity (Wildman–Crippen MR) is 57.9 cm³/mol. The summed E-state index contributed by atoms with van der Waals surface area (Å²) in [4.78, 5) is 18.4. The summed E-state index contributed by atoms with van der Waals surface area (Å²) in [7, 11) is 0. The van der Waals surface area contributed by atoms with Crippen molar-refractivity contribution in [3.8, 4) is 0 Å². The first kappa shape index (κ1) is 13.0. The van der Waals surface area contributed by atoms with Gasteiger partial charge in [0, 0.05) is 6.54 Å². The topological polar surface area (TPSA) is 69.2 Å². The lowest BCUT2D eigenvalue weighted by atomic mass is 10.4. The zero-order valence-electron chi connectivity index (χ0n) is 8.16. The second kappa shape index (κ2) is 5.90. The van der Waals surface area contributed by atoms with E-state index in [1.807, 2.05) is 0 Å². The second-order valence-corrected chi connectivity index (χ2v) is 3.72. The van der Waals surface area contributed by atoms with Gasteiger partial charge in [-0.15, -0.1) is 0 Å². The van der Waals surface area contributed by atoms with Crippen LogP contribution < -0.4 is 10.5 Å². The third-order valence-electron chi connectivity index (χ3n) is 1.81. The van der Waals surface area contributed by atoms with Crippen LogP contribution in [0.3, 0.4) is 0 Å². The van der Waals surface area contributed by atoms with Crippen molar-refractivity contribution in [2.24, 2.45) is 0 Å². The Balaban J connectivity index is 3.00. The van der Waals surface area contributed by atoms with E-state index < -0.39 is 18.5 Å². The van der Waals surface area contributed by atoms with Crippen LogP contribution in [0.2, 0.25) is 0 Å². The molecule has 0 amide bonds. The highest BCUT2D eigenvalue weighted by Crippen LogP contribution is 2.19. The van der Waals surface area contributed by atoms with Crippen LogP contribution in [0.4, 0.5) is 14.6 Å². The molecule has 0 aliphatic heterocycles.